The van der Waals surface area contributed by atoms with E-state index in [1.54, 1.807) is 24.3 Å². The summed E-state index contributed by atoms with van der Waals surface area (Å²) < 4.78 is 11.8. The number of aromatic hydroxyl groups is 2. The van der Waals surface area contributed by atoms with Crippen LogP contribution >= 0.6 is 0 Å². The SMILES string of the molecule is CC(=O)O.O=C1OC2(c3ccc(O)cc3Oc3cc(O)ccc32)c2ccccc21. The highest BCUT2D eigenvalue weighted by Crippen LogP contribution is 2.56. The molecule has 5 rings (SSSR count). The first-order valence-corrected chi connectivity index (χ1v) is 8.70. The molecule has 7 heteroatoms. The van der Waals surface area contributed by atoms with Crippen LogP contribution in [0.2, 0.25) is 0 Å². The molecule has 29 heavy (non-hydrogen) atoms. The minimum absolute atomic E-state index is 0.0371. The summed E-state index contributed by atoms with van der Waals surface area (Å²) in [6.07, 6.45) is 0. The first-order chi connectivity index (χ1) is 13.8. The first kappa shape index (κ1) is 18.4. The van der Waals surface area contributed by atoms with Crippen LogP contribution < -0.4 is 4.74 Å². The summed E-state index contributed by atoms with van der Waals surface area (Å²) in [6.45, 7) is 1.08. The highest BCUT2D eigenvalue weighted by molar-refractivity contribution is 5.97. The van der Waals surface area contributed by atoms with E-state index in [1.165, 1.54) is 24.3 Å². The van der Waals surface area contributed by atoms with Crippen molar-refractivity contribution in [3.8, 4) is 23.0 Å². The fourth-order valence-corrected chi connectivity index (χ4v) is 3.65. The molecule has 146 valence electrons. The maximum atomic E-state index is 12.5. The molecule has 7 nitrogen and oxygen atoms in total. The van der Waals surface area contributed by atoms with Crippen LogP contribution in [0, 0.1) is 0 Å². The van der Waals surface area contributed by atoms with Gasteiger partial charge in [0.15, 0.2) is 5.60 Å². The van der Waals surface area contributed by atoms with E-state index in [9.17, 15) is 15.0 Å². The number of carbonyl (C=O) groups excluding carboxylic acids is 1. The van der Waals surface area contributed by atoms with Crippen molar-refractivity contribution in [3.05, 3.63) is 82.9 Å². The number of carboxylic acid groups (broad SMARTS) is 1. The van der Waals surface area contributed by atoms with Crippen molar-refractivity contribution >= 4 is 11.9 Å². The molecule has 0 unspecified atom stereocenters. The third kappa shape index (κ3) is 2.84. The molecule has 2 heterocycles. The van der Waals surface area contributed by atoms with Gasteiger partial charge in [0, 0.05) is 35.7 Å². The fourth-order valence-electron chi connectivity index (χ4n) is 3.65. The summed E-state index contributed by atoms with van der Waals surface area (Å²) >= 11 is 0. The van der Waals surface area contributed by atoms with Crippen LogP contribution in [0.3, 0.4) is 0 Å². The molecule has 0 amide bonds. The van der Waals surface area contributed by atoms with Crippen LogP contribution in [-0.4, -0.2) is 27.3 Å². The Morgan fingerprint density at radius 3 is 1.93 bits per heavy atom. The molecule has 0 aliphatic carbocycles. The maximum Gasteiger partial charge on any atom is 0.340 e. The summed E-state index contributed by atoms with van der Waals surface area (Å²) in [6, 6.07) is 16.6. The summed E-state index contributed by atoms with van der Waals surface area (Å²) in [5.41, 5.74) is 1.28. The Morgan fingerprint density at radius 2 is 1.38 bits per heavy atom. The van der Waals surface area contributed by atoms with E-state index < -0.39 is 17.5 Å². The zero-order chi connectivity index (χ0) is 20.8. The van der Waals surface area contributed by atoms with Gasteiger partial charge in [-0.1, -0.05) is 18.2 Å². The number of esters is 1. The molecule has 0 atom stereocenters. The summed E-state index contributed by atoms with van der Waals surface area (Å²) in [5.74, 6) is -0.425. The average Bonchev–Trinajstić information content (AvgIpc) is 2.95. The Kier molecular flexibility index (Phi) is 4.15. The monoisotopic (exact) mass is 392 g/mol. The normalized spacial score (nSPS) is 14.4. The van der Waals surface area contributed by atoms with Gasteiger partial charge < -0.3 is 24.8 Å². The maximum absolute atomic E-state index is 12.5. The lowest BCUT2D eigenvalue weighted by atomic mass is 9.77. The molecule has 0 aromatic heterocycles. The van der Waals surface area contributed by atoms with Crippen molar-refractivity contribution < 1.29 is 34.4 Å². The highest BCUT2D eigenvalue weighted by atomic mass is 16.6. The predicted molar refractivity (Wildman–Crippen MR) is 101 cm³/mol. The standard InChI is InChI=1S/C20H12O5.C2H4O2/c21-11-5-7-15-17(9-11)24-18-10-12(22)6-8-16(18)20(15)14-4-2-1-3-13(14)19(23)25-20;1-2(3)4/h1-10,21-22H;1H3,(H,3,4). The summed E-state index contributed by atoms with van der Waals surface area (Å²) in [5, 5.41) is 27.1. The largest absolute Gasteiger partial charge is 0.508 e. The van der Waals surface area contributed by atoms with E-state index in [1.807, 2.05) is 12.1 Å². The van der Waals surface area contributed by atoms with Gasteiger partial charge in [0.2, 0.25) is 0 Å². The fraction of sp³-hybridized carbons (Fsp3) is 0.0909. The minimum Gasteiger partial charge on any atom is -0.508 e. The van der Waals surface area contributed by atoms with Crippen LogP contribution in [0.5, 0.6) is 23.0 Å². The smallest absolute Gasteiger partial charge is 0.340 e. The molecule has 0 fully saturated rings. The van der Waals surface area contributed by atoms with Crippen LogP contribution in [-0.2, 0) is 15.1 Å². The minimum atomic E-state index is -1.17. The van der Waals surface area contributed by atoms with Crippen LogP contribution in [0.25, 0.3) is 0 Å². The van der Waals surface area contributed by atoms with Gasteiger partial charge in [0.1, 0.15) is 23.0 Å². The summed E-state index contributed by atoms with van der Waals surface area (Å²) in [7, 11) is 0. The Morgan fingerprint density at radius 1 is 0.862 bits per heavy atom. The van der Waals surface area contributed by atoms with E-state index in [0.717, 1.165) is 6.92 Å². The quantitative estimate of drug-likeness (QED) is 0.499. The first-order valence-electron chi connectivity index (χ1n) is 8.70. The molecule has 0 saturated heterocycles. The average molecular weight is 392 g/mol. The van der Waals surface area contributed by atoms with Crippen LogP contribution in [0.15, 0.2) is 60.7 Å². The zero-order valence-corrected chi connectivity index (χ0v) is 15.2. The second-order valence-electron chi connectivity index (χ2n) is 6.60. The molecule has 0 saturated carbocycles. The van der Waals surface area contributed by atoms with Crippen LogP contribution in [0.4, 0.5) is 0 Å². The second kappa shape index (κ2) is 6.56. The van der Waals surface area contributed by atoms with Gasteiger partial charge in [-0.05, 0) is 30.3 Å². The Hall–Kier alpha value is -4.00. The van der Waals surface area contributed by atoms with Crippen molar-refractivity contribution in [1.82, 2.24) is 0 Å². The van der Waals surface area contributed by atoms with Crippen molar-refractivity contribution in [2.75, 3.05) is 0 Å². The van der Waals surface area contributed by atoms with E-state index in [4.69, 9.17) is 19.4 Å². The predicted octanol–water partition coefficient (Wildman–Crippen LogP) is 3.76. The number of benzene rings is 3. The number of hydrogen-bond acceptors (Lipinski definition) is 6. The number of phenolic OH excluding ortho intramolecular Hbond substituents is 2. The number of rotatable bonds is 0. The molecule has 2 aliphatic heterocycles. The van der Waals surface area contributed by atoms with E-state index in [2.05, 4.69) is 0 Å². The van der Waals surface area contributed by atoms with Gasteiger partial charge in [-0.2, -0.15) is 0 Å². The van der Waals surface area contributed by atoms with Crippen molar-refractivity contribution in [3.63, 3.8) is 0 Å². The molecule has 0 bridgehead atoms. The topological polar surface area (TPSA) is 113 Å². The second-order valence-corrected chi connectivity index (χ2v) is 6.60. The number of phenols is 2. The molecule has 1 spiro atoms. The molecule has 3 N–H and O–H groups in total. The van der Waals surface area contributed by atoms with E-state index in [-0.39, 0.29) is 11.5 Å². The lowest BCUT2D eigenvalue weighted by Gasteiger charge is -2.36. The number of aliphatic carboxylic acids is 1. The number of hydrogen-bond donors (Lipinski definition) is 3. The number of carbonyl (C=O) groups is 2. The summed E-state index contributed by atoms with van der Waals surface area (Å²) in [4.78, 5) is 21.5. The van der Waals surface area contributed by atoms with Gasteiger partial charge >= 0.3 is 5.97 Å². The molecular weight excluding hydrogens is 376 g/mol. The molecular formula is C22H16O7. The van der Waals surface area contributed by atoms with E-state index in [0.29, 0.717) is 33.8 Å². The van der Waals surface area contributed by atoms with Crippen molar-refractivity contribution in [1.29, 1.82) is 0 Å². The van der Waals surface area contributed by atoms with Gasteiger partial charge in [0.05, 0.1) is 5.56 Å². The van der Waals surface area contributed by atoms with Gasteiger partial charge in [-0.25, -0.2) is 4.79 Å². The Balaban J connectivity index is 0.000000472. The Bertz CT molecular complexity index is 1090. The van der Waals surface area contributed by atoms with Crippen molar-refractivity contribution in [2.45, 2.75) is 12.5 Å². The van der Waals surface area contributed by atoms with Gasteiger partial charge in [-0.15, -0.1) is 0 Å². The number of carboxylic acids is 1. The Labute approximate surface area is 165 Å². The zero-order valence-electron chi connectivity index (χ0n) is 15.2. The number of fused-ring (bicyclic) bond motifs is 6. The van der Waals surface area contributed by atoms with Crippen molar-refractivity contribution in [2.24, 2.45) is 0 Å². The molecule has 2 aliphatic rings. The molecule has 0 radical (unpaired) electrons. The van der Waals surface area contributed by atoms with Gasteiger partial charge in [-0.3, -0.25) is 4.79 Å². The molecule has 3 aromatic rings. The molecule has 3 aromatic carbocycles. The third-order valence-corrected chi connectivity index (χ3v) is 4.68. The number of ether oxygens (including phenoxy) is 2. The van der Waals surface area contributed by atoms with E-state index >= 15 is 0 Å². The van der Waals surface area contributed by atoms with Crippen LogP contribution in [0.1, 0.15) is 34.0 Å². The third-order valence-electron chi connectivity index (χ3n) is 4.68. The van der Waals surface area contributed by atoms with Gasteiger partial charge in [0.25, 0.3) is 5.97 Å². The lowest BCUT2D eigenvalue weighted by Crippen LogP contribution is -2.32. The highest BCUT2D eigenvalue weighted by Gasteiger charge is 2.53. The lowest BCUT2D eigenvalue weighted by molar-refractivity contribution is -0.134.